The van der Waals surface area contributed by atoms with Gasteiger partial charge in [0.25, 0.3) is 5.91 Å². The Morgan fingerprint density at radius 3 is 2.73 bits per heavy atom. The largest absolute Gasteiger partial charge is 0.364 e. The van der Waals surface area contributed by atoms with E-state index < -0.39 is 5.60 Å². The third kappa shape index (κ3) is 0.718. The molecule has 2 aliphatic carbocycles. The molecule has 1 amide bonds. The molecule has 1 aliphatic heterocycles. The van der Waals surface area contributed by atoms with E-state index in [0.29, 0.717) is 5.92 Å². The van der Waals surface area contributed by atoms with Crippen LogP contribution < -0.4 is 5.32 Å². The van der Waals surface area contributed by atoms with Crippen LogP contribution in [0.5, 0.6) is 0 Å². The van der Waals surface area contributed by atoms with Crippen LogP contribution in [0.1, 0.15) is 33.1 Å². The van der Waals surface area contributed by atoms with Gasteiger partial charge in [-0.2, -0.15) is 0 Å². The van der Waals surface area contributed by atoms with E-state index in [-0.39, 0.29) is 16.7 Å². The Bertz CT molecular complexity index is 343. The van der Waals surface area contributed by atoms with Gasteiger partial charge in [0.05, 0.1) is 6.61 Å². The molecule has 0 unspecified atom stereocenters. The number of nitrogens with one attached hydrogen (secondary N) is 1. The van der Waals surface area contributed by atoms with Crippen LogP contribution in [0.4, 0.5) is 0 Å². The molecule has 4 atom stereocenters. The number of hydrogen-bond donors (Lipinski definition) is 1. The maximum atomic E-state index is 12.1. The van der Waals surface area contributed by atoms with Crippen molar-refractivity contribution in [1.29, 1.82) is 0 Å². The Morgan fingerprint density at radius 1 is 1.47 bits per heavy atom. The van der Waals surface area contributed by atoms with E-state index in [1.165, 1.54) is 6.42 Å². The van der Waals surface area contributed by atoms with E-state index in [4.69, 9.17) is 4.74 Å². The summed E-state index contributed by atoms with van der Waals surface area (Å²) in [7, 11) is 1.71. The Labute approximate surface area is 90.6 Å². The number of likely N-dealkylation sites (N-methyl/N-ethyl adjacent to an activating group) is 1. The molecule has 15 heavy (non-hydrogen) atoms. The number of ether oxygens (including phenoxy) is 1. The van der Waals surface area contributed by atoms with Gasteiger partial charge in [0, 0.05) is 17.9 Å². The summed E-state index contributed by atoms with van der Waals surface area (Å²) >= 11 is 0. The van der Waals surface area contributed by atoms with Gasteiger partial charge in [-0.3, -0.25) is 4.79 Å². The monoisotopic (exact) mass is 209 g/mol. The molecule has 1 heterocycles. The third-order valence-electron chi connectivity index (χ3n) is 5.79. The van der Waals surface area contributed by atoms with Crippen molar-refractivity contribution in [3.8, 4) is 0 Å². The summed E-state index contributed by atoms with van der Waals surface area (Å²) in [5.41, 5.74) is -0.219. The highest BCUT2D eigenvalue weighted by molar-refractivity contribution is 5.87. The number of rotatable bonds is 1. The fourth-order valence-electron chi connectivity index (χ4n) is 4.46. The molecule has 0 spiro atoms. The number of amides is 1. The molecular weight excluding hydrogens is 190 g/mol. The van der Waals surface area contributed by atoms with E-state index in [9.17, 15) is 4.79 Å². The standard InChI is InChI=1S/C12H19NO2/c1-10-7-15-12(9(14)13-3)6-8(10)4-5-11(10,12)2/h8H,4-7H2,1-3H3,(H,13,14)/t8-,10-,11-,12-/m0/s1. The van der Waals surface area contributed by atoms with Gasteiger partial charge in [-0.25, -0.2) is 0 Å². The van der Waals surface area contributed by atoms with Crippen molar-refractivity contribution in [3.63, 3.8) is 0 Å². The first-order valence-electron chi connectivity index (χ1n) is 5.86. The van der Waals surface area contributed by atoms with Crippen molar-refractivity contribution in [3.05, 3.63) is 0 Å². The van der Waals surface area contributed by atoms with E-state index >= 15 is 0 Å². The van der Waals surface area contributed by atoms with Gasteiger partial charge in [-0.05, 0) is 25.2 Å². The van der Waals surface area contributed by atoms with Gasteiger partial charge in [-0.1, -0.05) is 13.8 Å². The first-order chi connectivity index (χ1) is 7.00. The molecule has 3 heteroatoms. The van der Waals surface area contributed by atoms with Gasteiger partial charge < -0.3 is 10.1 Å². The Morgan fingerprint density at radius 2 is 2.20 bits per heavy atom. The normalized spacial score (nSPS) is 56.1. The molecule has 3 nitrogen and oxygen atoms in total. The van der Waals surface area contributed by atoms with E-state index in [2.05, 4.69) is 19.2 Å². The second kappa shape index (κ2) is 2.40. The van der Waals surface area contributed by atoms with Crippen LogP contribution in [0.25, 0.3) is 0 Å². The zero-order valence-corrected chi connectivity index (χ0v) is 9.72. The summed E-state index contributed by atoms with van der Waals surface area (Å²) in [6.45, 7) is 5.33. The van der Waals surface area contributed by atoms with Crippen LogP contribution in [-0.2, 0) is 9.53 Å². The van der Waals surface area contributed by atoms with E-state index in [1.807, 2.05) is 0 Å². The third-order valence-corrected chi connectivity index (χ3v) is 5.79. The van der Waals surface area contributed by atoms with E-state index in [1.54, 1.807) is 7.05 Å². The topological polar surface area (TPSA) is 38.3 Å². The summed E-state index contributed by atoms with van der Waals surface area (Å²) in [6.07, 6.45) is 3.34. The number of carbonyl (C=O) groups excluding carboxylic acids is 1. The predicted octanol–water partition coefficient (Wildman–Crippen LogP) is 1.33. The Kier molecular flexibility index (Phi) is 1.54. The van der Waals surface area contributed by atoms with Crippen LogP contribution in [0.2, 0.25) is 0 Å². The van der Waals surface area contributed by atoms with Crippen LogP contribution >= 0.6 is 0 Å². The van der Waals surface area contributed by atoms with Crippen LogP contribution in [-0.4, -0.2) is 25.2 Å². The molecule has 0 aromatic carbocycles. The highest BCUT2D eigenvalue weighted by atomic mass is 16.5. The lowest BCUT2D eigenvalue weighted by Crippen LogP contribution is -2.54. The smallest absolute Gasteiger partial charge is 0.252 e. The molecule has 0 radical (unpaired) electrons. The molecule has 1 N–H and O–H groups in total. The van der Waals surface area contributed by atoms with Crippen molar-refractivity contribution < 1.29 is 9.53 Å². The summed E-state index contributed by atoms with van der Waals surface area (Å²) < 4.78 is 5.92. The molecule has 4 bridgehead atoms. The van der Waals surface area contributed by atoms with Crippen molar-refractivity contribution >= 4 is 5.91 Å². The average molecular weight is 209 g/mol. The minimum absolute atomic E-state index is 0.0603. The second-order valence-electron chi connectivity index (χ2n) is 5.88. The highest BCUT2D eigenvalue weighted by Crippen LogP contribution is 2.74. The lowest BCUT2D eigenvalue weighted by Gasteiger charge is -2.39. The maximum Gasteiger partial charge on any atom is 0.252 e. The van der Waals surface area contributed by atoms with E-state index in [0.717, 1.165) is 19.4 Å². The average Bonchev–Trinajstić information content (AvgIpc) is 2.70. The molecule has 3 rings (SSSR count). The van der Waals surface area contributed by atoms with Crippen LogP contribution in [0, 0.1) is 16.7 Å². The van der Waals surface area contributed by atoms with Gasteiger partial charge in [0.15, 0.2) is 5.60 Å². The number of carbonyl (C=O) groups is 1. The summed E-state index contributed by atoms with van der Waals surface area (Å²) in [6, 6.07) is 0. The quantitative estimate of drug-likeness (QED) is 0.707. The first-order valence-corrected chi connectivity index (χ1v) is 5.86. The van der Waals surface area contributed by atoms with Crippen molar-refractivity contribution in [2.45, 2.75) is 38.7 Å². The van der Waals surface area contributed by atoms with Crippen LogP contribution in [0.3, 0.4) is 0 Å². The number of hydrogen-bond acceptors (Lipinski definition) is 2. The lowest BCUT2D eigenvalue weighted by atomic mass is 9.66. The fourth-order valence-corrected chi connectivity index (χ4v) is 4.46. The molecule has 2 saturated carbocycles. The predicted molar refractivity (Wildman–Crippen MR) is 56.3 cm³/mol. The lowest BCUT2D eigenvalue weighted by molar-refractivity contribution is -0.155. The summed E-state index contributed by atoms with van der Waals surface area (Å²) in [4.78, 5) is 12.1. The van der Waals surface area contributed by atoms with Gasteiger partial charge in [0.1, 0.15) is 0 Å². The van der Waals surface area contributed by atoms with Crippen molar-refractivity contribution in [1.82, 2.24) is 5.32 Å². The zero-order valence-electron chi connectivity index (χ0n) is 9.72. The molecule has 84 valence electrons. The Balaban J connectivity index is 2.12. The summed E-state index contributed by atoms with van der Waals surface area (Å²) in [5.74, 6) is 0.782. The second-order valence-corrected chi connectivity index (χ2v) is 5.88. The van der Waals surface area contributed by atoms with Crippen LogP contribution in [0.15, 0.2) is 0 Å². The minimum atomic E-state index is -0.514. The zero-order chi connectivity index (χ0) is 10.9. The SMILES string of the molecule is CNC(=O)[C@@]12C[C@@H]3CC[C@@]1(C)[C@@]3(C)CO2. The molecule has 3 aliphatic rings. The molecular formula is C12H19NO2. The van der Waals surface area contributed by atoms with Crippen molar-refractivity contribution in [2.75, 3.05) is 13.7 Å². The first kappa shape index (κ1) is 9.64. The highest BCUT2D eigenvalue weighted by Gasteiger charge is 2.78. The van der Waals surface area contributed by atoms with Gasteiger partial charge >= 0.3 is 0 Å². The van der Waals surface area contributed by atoms with Gasteiger partial charge in [0.2, 0.25) is 0 Å². The molecule has 3 fully saturated rings. The fraction of sp³-hybridized carbons (Fsp3) is 0.917. The minimum Gasteiger partial charge on any atom is -0.364 e. The van der Waals surface area contributed by atoms with Crippen molar-refractivity contribution in [2.24, 2.45) is 16.7 Å². The summed E-state index contributed by atoms with van der Waals surface area (Å²) in [5, 5.41) is 2.79. The van der Waals surface area contributed by atoms with Gasteiger partial charge in [-0.15, -0.1) is 0 Å². The Hall–Kier alpha value is -0.570. The molecule has 1 saturated heterocycles. The molecule has 0 aromatic heterocycles. The maximum absolute atomic E-state index is 12.1. The molecule has 0 aromatic rings.